The van der Waals surface area contributed by atoms with Gasteiger partial charge in [0, 0.05) is 12.5 Å². The smallest absolute Gasteiger partial charge is 0.276 e. The lowest BCUT2D eigenvalue weighted by molar-refractivity contribution is 0.415. The molecule has 0 saturated carbocycles. The zero-order valence-corrected chi connectivity index (χ0v) is 12.7. The number of methoxy groups -OCH3 is 1. The molecule has 0 atom stereocenters. The Morgan fingerprint density at radius 3 is 2.64 bits per heavy atom. The van der Waals surface area contributed by atoms with E-state index in [1.54, 1.807) is 12.1 Å². The lowest BCUT2D eigenvalue weighted by Crippen LogP contribution is -2.03. The van der Waals surface area contributed by atoms with Crippen LogP contribution >= 0.6 is 0 Å². The highest BCUT2D eigenvalue weighted by Gasteiger charge is 2.15. The number of imidazole rings is 1. The van der Waals surface area contributed by atoms with E-state index in [1.807, 2.05) is 0 Å². The Bertz CT molecular complexity index is 1020. The maximum atomic E-state index is 11.7. The minimum absolute atomic E-state index is 0.155. The number of hydrogen-bond donors (Lipinski definition) is 2. The molecule has 3 rings (SSSR count). The molecule has 3 aromatic rings. The van der Waals surface area contributed by atoms with E-state index >= 15 is 0 Å². The van der Waals surface area contributed by atoms with Crippen LogP contribution in [0, 0.1) is 0 Å². The maximum Gasteiger partial charge on any atom is 0.276 e. The number of fused-ring (bicyclic) bond motifs is 1. The summed E-state index contributed by atoms with van der Waals surface area (Å²) in [6.07, 6.45) is 2.65. The van der Waals surface area contributed by atoms with E-state index in [-0.39, 0.29) is 16.0 Å². The van der Waals surface area contributed by atoms with Crippen molar-refractivity contribution < 1.29 is 13.2 Å². The topological polar surface area (TPSA) is 105 Å². The second kappa shape index (κ2) is 4.99. The predicted octanol–water partition coefficient (Wildman–Crippen LogP) is 1.33. The summed E-state index contributed by atoms with van der Waals surface area (Å²) in [6, 6.07) is 6.21. The van der Waals surface area contributed by atoms with Crippen LogP contribution in [0.2, 0.25) is 0 Å². The lowest BCUT2D eigenvalue weighted by Gasteiger charge is -2.08. The van der Waals surface area contributed by atoms with Gasteiger partial charge in [-0.1, -0.05) is 0 Å². The highest BCUT2D eigenvalue weighted by molar-refractivity contribution is 7.90. The van der Waals surface area contributed by atoms with Crippen LogP contribution in [0.3, 0.4) is 0 Å². The highest BCUT2D eigenvalue weighted by atomic mass is 32.2. The van der Waals surface area contributed by atoms with Gasteiger partial charge >= 0.3 is 0 Å². The Hall–Kier alpha value is -2.61. The van der Waals surface area contributed by atoms with Crippen LogP contribution < -0.4 is 10.3 Å². The number of H-pyrrole nitrogens is 2. The van der Waals surface area contributed by atoms with E-state index in [0.717, 1.165) is 6.26 Å². The first-order valence-corrected chi connectivity index (χ1v) is 8.25. The van der Waals surface area contributed by atoms with E-state index in [4.69, 9.17) is 4.74 Å². The summed E-state index contributed by atoms with van der Waals surface area (Å²) < 4.78 is 28.5. The molecule has 0 amide bonds. The SMILES string of the molecule is COc1cc(S(C)(=O)=O)ccc1-c1nc2c(=O)[nH]ccc2[nH]1. The summed E-state index contributed by atoms with van der Waals surface area (Å²) in [6.45, 7) is 0. The zero-order valence-electron chi connectivity index (χ0n) is 11.9. The molecule has 0 spiro atoms. The number of pyridine rings is 1. The van der Waals surface area contributed by atoms with Crippen molar-refractivity contribution in [1.29, 1.82) is 0 Å². The van der Waals surface area contributed by atoms with E-state index in [1.165, 1.54) is 25.4 Å². The molecule has 22 heavy (non-hydrogen) atoms. The average Bonchev–Trinajstić information content (AvgIpc) is 2.91. The van der Waals surface area contributed by atoms with Gasteiger partial charge in [0.05, 0.1) is 23.1 Å². The summed E-state index contributed by atoms with van der Waals surface area (Å²) in [5.74, 6) is 0.794. The van der Waals surface area contributed by atoms with Crippen LogP contribution in [0.1, 0.15) is 0 Å². The van der Waals surface area contributed by atoms with Gasteiger partial charge in [0.2, 0.25) is 0 Å². The molecule has 0 aliphatic heterocycles. The molecule has 7 nitrogen and oxygen atoms in total. The van der Waals surface area contributed by atoms with E-state index in [9.17, 15) is 13.2 Å². The van der Waals surface area contributed by atoms with Gasteiger partial charge in [0.15, 0.2) is 15.4 Å². The standard InChI is InChI=1S/C14H13N3O4S/c1-21-11-7-8(22(2,19)20)3-4-9(11)13-16-10-5-6-15-14(18)12(10)17-13/h3-7H,1-2H3,(H,15,18)(H,16,17). The number of benzene rings is 1. The molecule has 1 aromatic carbocycles. The lowest BCUT2D eigenvalue weighted by atomic mass is 10.2. The number of nitrogens with one attached hydrogen (secondary N) is 2. The molecule has 0 aliphatic rings. The number of sulfone groups is 1. The van der Waals surface area contributed by atoms with E-state index in [0.29, 0.717) is 22.7 Å². The van der Waals surface area contributed by atoms with Gasteiger partial charge in [-0.3, -0.25) is 4.79 Å². The summed E-state index contributed by atoms with van der Waals surface area (Å²) in [5, 5.41) is 0. The van der Waals surface area contributed by atoms with Gasteiger partial charge in [-0.05, 0) is 24.3 Å². The fourth-order valence-corrected chi connectivity index (χ4v) is 2.81. The van der Waals surface area contributed by atoms with Crippen molar-refractivity contribution in [2.24, 2.45) is 0 Å². The van der Waals surface area contributed by atoms with Crippen molar-refractivity contribution in [3.05, 3.63) is 40.8 Å². The third kappa shape index (κ3) is 2.37. The number of nitrogens with zero attached hydrogens (tertiary/aromatic N) is 1. The van der Waals surface area contributed by atoms with Crippen LogP contribution in [0.4, 0.5) is 0 Å². The highest BCUT2D eigenvalue weighted by Crippen LogP contribution is 2.31. The van der Waals surface area contributed by atoms with E-state index in [2.05, 4.69) is 15.0 Å². The Morgan fingerprint density at radius 1 is 1.23 bits per heavy atom. The summed E-state index contributed by atoms with van der Waals surface area (Å²) in [4.78, 5) is 21.7. The molecule has 2 N–H and O–H groups in total. The fourth-order valence-electron chi connectivity index (χ4n) is 2.17. The Morgan fingerprint density at radius 2 is 2.00 bits per heavy atom. The molecule has 2 aromatic heterocycles. The number of hydrogen-bond acceptors (Lipinski definition) is 5. The Balaban J connectivity index is 2.22. The van der Waals surface area contributed by atoms with Crippen molar-refractivity contribution >= 4 is 20.9 Å². The van der Waals surface area contributed by atoms with Gasteiger partial charge in [0.25, 0.3) is 5.56 Å². The predicted molar refractivity (Wildman–Crippen MR) is 81.8 cm³/mol. The first-order chi connectivity index (χ1) is 10.4. The van der Waals surface area contributed by atoms with Crippen LogP contribution in [0.5, 0.6) is 5.75 Å². The molecular weight excluding hydrogens is 306 g/mol. The average molecular weight is 319 g/mol. The summed E-state index contributed by atoms with van der Waals surface area (Å²) >= 11 is 0. The van der Waals surface area contributed by atoms with E-state index < -0.39 is 9.84 Å². The van der Waals surface area contributed by atoms with Gasteiger partial charge in [0.1, 0.15) is 11.6 Å². The monoisotopic (exact) mass is 319 g/mol. The van der Waals surface area contributed by atoms with Crippen LogP contribution in [-0.4, -0.2) is 36.7 Å². The Labute approximate surface area is 125 Å². The first kappa shape index (κ1) is 14.3. The van der Waals surface area contributed by atoms with Crippen molar-refractivity contribution in [2.45, 2.75) is 4.90 Å². The Kier molecular flexibility index (Phi) is 3.25. The number of rotatable bonds is 3. The van der Waals surface area contributed by atoms with Crippen molar-refractivity contribution in [2.75, 3.05) is 13.4 Å². The van der Waals surface area contributed by atoms with Gasteiger partial charge in [-0.2, -0.15) is 0 Å². The molecule has 0 saturated heterocycles. The third-order valence-electron chi connectivity index (χ3n) is 3.27. The van der Waals surface area contributed by atoms with Crippen molar-refractivity contribution in [3.63, 3.8) is 0 Å². The largest absolute Gasteiger partial charge is 0.496 e. The quantitative estimate of drug-likeness (QED) is 0.758. The third-order valence-corrected chi connectivity index (χ3v) is 4.38. The van der Waals surface area contributed by atoms with Gasteiger partial charge in [-0.15, -0.1) is 0 Å². The minimum Gasteiger partial charge on any atom is -0.496 e. The van der Waals surface area contributed by atoms with Gasteiger partial charge < -0.3 is 14.7 Å². The molecular formula is C14H13N3O4S. The first-order valence-electron chi connectivity index (χ1n) is 6.36. The molecule has 0 fully saturated rings. The number of aromatic nitrogens is 3. The molecule has 0 radical (unpaired) electrons. The second-order valence-electron chi connectivity index (χ2n) is 4.79. The molecule has 0 unspecified atom stereocenters. The molecule has 2 heterocycles. The molecule has 0 aliphatic carbocycles. The van der Waals surface area contributed by atoms with Crippen LogP contribution in [0.15, 0.2) is 40.2 Å². The molecule has 8 heteroatoms. The van der Waals surface area contributed by atoms with Gasteiger partial charge in [-0.25, -0.2) is 13.4 Å². The van der Waals surface area contributed by atoms with Crippen molar-refractivity contribution in [3.8, 4) is 17.1 Å². The normalized spacial score (nSPS) is 11.7. The molecule has 0 bridgehead atoms. The number of ether oxygens (including phenoxy) is 1. The van der Waals surface area contributed by atoms with Crippen molar-refractivity contribution in [1.82, 2.24) is 15.0 Å². The molecule has 114 valence electrons. The summed E-state index contributed by atoms with van der Waals surface area (Å²) in [7, 11) is -1.89. The summed E-state index contributed by atoms with van der Waals surface area (Å²) in [5.41, 5.74) is 1.15. The van der Waals surface area contributed by atoms with Crippen LogP contribution in [0.25, 0.3) is 22.4 Å². The minimum atomic E-state index is -3.33. The van der Waals surface area contributed by atoms with Crippen LogP contribution in [-0.2, 0) is 9.84 Å². The zero-order chi connectivity index (χ0) is 15.9. The second-order valence-corrected chi connectivity index (χ2v) is 6.80. The fraction of sp³-hybridized carbons (Fsp3) is 0.143. The maximum absolute atomic E-state index is 11.7. The number of aromatic amines is 2.